The fourth-order valence-corrected chi connectivity index (χ4v) is 4.31. The van der Waals surface area contributed by atoms with Crippen molar-refractivity contribution in [3.05, 3.63) is 64.2 Å². The number of likely N-dealkylation sites (tertiary alicyclic amines) is 1. The van der Waals surface area contributed by atoms with Gasteiger partial charge in [0.1, 0.15) is 12.0 Å². The highest BCUT2D eigenvalue weighted by molar-refractivity contribution is 6.08. The lowest BCUT2D eigenvalue weighted by atomic mass is 9.74. The molecule has 1 amide bonds. The normalized spacial score (nSPS) is 18.2. The zero-order chi connectivity index (χ0) is 19.9. The van der Waals surface area contributed by atoms with Crippen molar-refractivity contribution in [3.63, 3.8) is 0 Å². The summed E-state index contributed by atoms with van der Waals surface area (Å²) < 4.78 is 14.0. The van der Waals surface area contributed by atoms with Gasteiger partial charge in [0.15, 0.2) is 0 Å². The molecule has 2 aliphatic heterocycles. The molecule has 3 heterocycles. The van der Waals surface area contributed by atoms with E-state index in [4.69, 9.17) is 0 Å². The maximum Gasteiger partial charge on any atom is 0.319 e. The Morgan fingerprint density at radius 2 is 2.18 bits per heavy atom. The number of nitrogens with one attached hydrogen (secondary N) is 1. The lowest BCUT2D eigenvalue weighted by Gasteiger charge is -2.39. The monoisotopic (exact) mass is 385 g/mol. The summed E-state index contributed by atoms with van der Waals surface area (Å²) in [7, 11) is 0. The van der Waals surface area contributed by atoms with E-state index in [1.165, 1.54) is 17.0 Å². The van der Waals surface area contributed by atoms with Crippen molar-refractivity contribution in [1.82, 2.24) is 15.1 Å². The second-order valence-electron chi connectivity index (χ2n) is 7.31. The van der Waals surface area contributed by atoms with Crippen molar-refractivity contribution in [3.8, 4) is 0 Å². The SMILES string of the molecule is C=CCN1CCC2(CC1)CN(C(=O)c1[nH]ncc1[N+](=O)[O-])c1ccc(F)cc12. The van der Waals surface area contributed by atoms with Crippen molar-refractivity contribution >= 4 is 17.3 Å². The smallest absolute Gasteiger partial charge is 0.306 e. The maximum absolute atomic E-state index is 14.0. The van der Waals surface area contributed by atoms with E-state index < -0.39 is 10.8 Å². The van der Waals surface area contributed by atoms with E-state index in [2.05, 4.69) is 21.7 Å². The van der Waals surface area contributed by atoms with Gasteiger partial charge in [0.25, 0.3) is 5.91 Å². The van der Waals surface area contributed by atoms with Crippen LogP contribution in [0.1, 0.15) is 28.9 Å². The molecule has 2 aliphatic rings. The molecular formula is C19H20FN5O3. The number of hydrogen-bond donors (Lipinski definition) is 1. The first kappa shape index (κ1) is 18.3. The molecule has 0 saturated carbocycles. The van der Waals surface area contributed by atoms with Crippen LogP contribution in [0.15, 0.2) is 37.1 Å². The van der Waals surface area contributed by atoms with Crippen LogP contribution in [0.4, 0.5) is 15.8 Å². The molecule has 1 aromatic heterocycles. The molecule has 0 atom stereocenters. The molecule has 1 spiro atoms. The van der Waals surface area contributed by atoms with Gasteiger partial charge >= 0.3 is 5.69 Å². The number of H-pyrrole nitrogens is 1. The lowest BCUT2D eigenvalue weighted by molar-refractivity contribution is -0.385. The summed E-state index contributed by atoms with van der Waals surface area (Å²) in [5.74, 6) is -0.879. The number of carbonyl (C=O) groups excluding carboxylic acids is 1. The minimum absolute atomic E-state index is 0.165. The van der Waals surface area contributed by atoms with E-state index >= 15 is 0 Å². The Kier molecular flexibility index (Phi) is 4.46. The number of carbonyl (C=O) groups is 1. The van der Waals surface area contributed by atoms with Crippen LogP contribution >= 0.6 is 0 Å². The lowest BCUT2D eigenvalue weighted by Crippen LogP contribution is -2.46. The van der Waals surface area contributed by atoms with Gasteiger partial charge < -0.3 is 4.90 Å². The third-order valence-corrected chi connectivity index (χ3v) is 5.76. The number of rotatable bonds is 4. The van der Waals surface area contributed by atoms with Gasteiger partial charge in [-0.1, -0.05) is 6.08 Å². The van der Waals surface area contributed by atoms with Crippen LogP contribution in [0.3, 0.4) is 0 Å². The summed E-state index contributed by atoms with van der Waals surface area (Å²) in [4.78, 5) is 27.4. The Bertz CT molecular complexity index is 949. The molecule has 8 nitrogen and oxygen atoms in total. The molecule has 0 unspecified atom stereocenters. The third-order valence-electron chi connectivity index (χ3n) is 5.76. The number of fused-ring (bicyclic) bond motifs is 2. The summed E-state index contributed by atoms with van der Waals surface area (Å²) in [6.45, 7) is 6.55. The number of nitrogens with zero attached hydrogens (tertiary/aromatic N) is 4. The first-order chi connectivity index (χ1) is 13.4. The summed E-state index contributed by atoms with van der Waals surface area (Å²) in [5, 5.41) is 17.3. The Balaban J connectivity index is 1.70. The molecular weight excluding hydrogens is 365 g/mol. The Labute approximate surface area is 160 Å². The number of halogens is 1. The average molecular weight is 385 g/mol. The minimum atomic E-state index is -0.637. The molecule has 2 aromatic rings. The number of aromatic amines is 1. The number of aromatic nitrogens is 2. The van der Waals surface area contributed by atoms with E-state index in [1.54, 1.807) is 6.07 Å². The zero-order valence-electron chi connectivity index (χ0n) is 15.2. The van der Waals surface area contributed by atoms with Crippen LogP contribution < -0.4 is 4.90 Å². The highest BCUT2D eigenvalue weighted by Gasteiger charge is 2.47. The zero-order valence-corrected chi connectivity index (χ0v) is 15.2. The molecule has 28 heavy (non-hydrogen) atoms. The first-order valence-electron chi connectivity index (χ1n) is 9.08. The molecule has 9 heteroatoms. The Morgan fingerprint density at radius 1 is 1.43 bits per heavy atom. The van der Waals surface area contributed by atoms with Crippen LogP contribution in [0, 0.1) is 15.9 Å². The first-order valence-corrected chi connectivity index (χ1v) is 9.08. The minimum Gasteiger partial charge on any atom is -0.306 e. The number of amides is 1. The van der Waals surface area contributed by atoms with E-state index in [1.807, 2.05) is 6.08 Å². The molecule has 1 N–H and O–H groups in total. The third kappa shape index (κ3) is 2.88. The standard InChI is InChI=1S/C19H20FN5O3/c1-2-7-23-8-5-19(6-9-23)12-24(15-4-3-13(20)10-14(15)19)18(26)17-16(25(27)28)11-21-22-17/h2-4,10-11H,1,5-9,12H2,(H,21,22). The van der Waals surface area contributed by atoms with E-state index in [-0.39, 0.29) is 22.6 Å². The van der Waals surface area contributed by atoms with Gasteiger partial charge in [-0.25, -0.2) is 4.39 Å². The molecule has 1 saturated heterocycles. The highest BCUT2D eigenvalue weighted by atomic mass is 19.1. The number of anilines is 1. The van der Waals surface area contributed by atoms with Crippen molar-refractivity contribution in [2.45, 2.75) is 18.3 Å². The molecule has 0 aliphatic carbocycles. The summed E-state index contributed by atoms with van der Waals surface area (Å²) in [6.07, 6.45) is 4.42. The fourth-order valence-electron chi connectivity index (χ4n) is 4.31. The van der Waals surface area contributed by atoms with Crippen molar-refractivity contribution in [1.29, 1.82) is 0 Å². The van der Waals surface area contributed by atoms with Crippen LogP contribution in [0.25, 0.3) is 0 Å². The van der Waals surface area contributed by atoms with E-state index in [0.29, 0.717) is 12.2 Å². The molecule has 0 radical (unpaired) electrons. The largest absolute Gasteiger partial charge is 0.319 e. The van der Waals surface area contributed by atoms with Crippen molar-refractivity contribution < 1.29 is 14.1 Å². The summed E-state index contributed by atoms with van der Waals surface area (Å²) >= 11 is 0. The predicted octanol–water partition coefficient (Wildman–Crippen LogP) is 2.64. The van der Waals surface area contributed by atoms with Crippen molar-refractivity contribution in [2.24, 2.45) is 0 Å². The molecule has 1 aromatic carbocycles. The maximum atomic E-state index is 14.0. The average Bonchev–Trinajstić information content (AvgIpc) is 3.28. The van der Waals surface area contributed by atoms with Gasteiger partial charge in [0.05, 0.1) is 4.92 Å². The fraction of sp³-hybridized carbons (Fsp3) is 0.368. The highest BCUT2D eigenvalue weighted by Crippen LogP contribution is 2.47. The molecule has 0 bridgehead atoms. The quantitative estimate of drug-likeness (QED) is 0.496. The summed E-state index contributed by atoms with van der Waals surface area (Å²) in [6, 6.07) is 4.38. The topological polar surface area (TPSA) is 95.4 Å². The number of piperidine rings is 1. The Hall–Kier alpha value is -3.07. The van der Waals surface area contributed by atoms with Crippen LogP contribution in [-0.4, -0.2) is 52.1 Å². The second kappa shape index (κ2) is 6.83. The van der Waals surface area contributed by atoms with E-state index in [0.717, 1.165) is 44.2 Å². The van der Waals surface area contributed by atoms with Crippen molar-refractivity contribution in [2.75, 3.05) is 31.1 Å². The summed E-state index contributed by atoms with van der Waals surface area (Å²) in [5.41, 5.74) is 0.505. The Morgan fingerprint density at radius 3 is 2.86 bits per heavy atom. The van der Waals surface area contributed by atoms with Gasteiger partial charge in [0, 0.05) is 24.2 Å². The van der Waals surface area contributed by atoms with Crippen LogP contribution in [-0.2, 0) is 5.41 Å². The molecule has 4 rings (SSSR count). The second-order valence-corrected chi connectivity index (χ2v) is 7.31. The van der Waals surface area contributed by atoms with Gasteiger partial charge in [-0.15, -0.1) is 6.58 Å². The number of nitro groups is 1. The number of benzene rings is 1. The van der Waals surface area contributed by atoms with Gasteiger partial charge in [0.2, 0.25) is 5.69 Å². The van der Waals surface area contributed by atoms with Gasteiger partial charge in [-0.3, -0.25) is 24.9 Å². The predicted molar refractivity (Wildman–Crippen MR) is 101 cm³/mol. The van der Waals surface area contributed by atoms with Gasteiger partial charge in [-0.2, -0.15) is 5.10 Å². The van der Waals surface area contributed by atoms with E-state index in [9.17, 15) is 19.3 Å². The number of hydrogen-bond acceptors (Lipinski definition) is 5. The van der Waals surface area contributed by atoms with Gasteiger partial charge in [-0.05, 0) is 49.7 Å². The molecule has 1 fully saturated rings. The van der Waals surface area contributed by atoms with Crippen LogP contribution in [0.2, 0.25) is 0 Å². The molecule has 146 valence electrons. The van der Waals surface area contributed by atoms with Crippen LogP contribution in [0.5, 0.6) is 0 Å².